The van der Waals surface area contributed by atoms with Gasteiger partial charge in [-0.25, -0.2) is 0 Å². The zero-order chi connectivity index (χ0) is 8.72. The van der Waals surface area contributed by atoms with Crippen molar-refractivity contribution in [2.24, 2.45) is 11.8 Å². The van der Waals surface area contributed by atoms with Crippen LogP contribution in [0.3, 0.4) is 0 Å². The number of aliphatic hydroxyl groups excluding tert-OH is 1. The number of carbonyl (C=O) groups excluding carboxylic acids is 1. The van der Waals surface area contributed by atoms with E-state index in [1.165, 1.54) is 6.92 Å². The van der Waals surface area contributed by atoms with E-state index in [-0.39, 0.29) is 12.1 Å². The standard InChI is InChI=1S/C9H14O3/c1-5(10)12-9-7-3-2-6(4-7)8(9)11/h6-9,11H,2-4H2,1H3/t6-,7-,8-,9-/m0/s1. The van der Waals surface area contributed by atoms with Gasteiger partial charge in [-0.05, 0) is 31.1 Å². The van der Waals surface area contributed by atoms with Crippen molar-refractivity contribution in [1.82, 2.24) is 0 Å². The van der Waals surface area contributed by atoms with Crippen LogP contribution in [0.5, 0.6) is 0 Å². The fourth-order valence-electron chi connectivity index (χ4n) is 2.57. The van der Waals surface area contributed by atoms with Gasteiger partial charge in [-0.2, -0.15) is 0 Å². The number of carbonyl (C=O) groups is 1. The number of esters is 1. The van der Waals surface area contributed by atoms with Crippen LogP contribution in [0, 0.1) is 11.8 Å². The molecule has 0 unspecified atom stereocenters. The highest BCUT2D eigenvalue weighted by Gasteiger charge is 2.48. The summed E-state index contributed by atoms with van der Waals surface area (Å²) in [4.78, 5) is 10.7. The lowest BCUT2D eigenvalue weighted by molar-refractivity contribution is -0.155. The van der Waals surface area contributed by atoms with E-state index < -0.39 is 6.10 Å². The molecule has 0 aromatic rings. The van der Waals surface area contributed by atoms with Crippen molar-refractivity contribution < 1.29 is 14.6 Å². The van der Waals surface area contributed by atoms with Crippen molar-refractivity contribution in [3.05, 3.63) is 0 Å². The summed E-state index contributed by atoms with van der Waals surface area (Å²) in [6, 6.07) is 0. The van der Waals surface area contributed by atoms with E-state index in [4.69, 9.17) is 4.74 Å². The first kappa shape index (κ1) is 8.05. The van der Waals surface area contributed by atoms with Gasteiger partial charge in [0.1, 0.15) is 6.10 Å². The second-order valence-electron chi connectivity index (χ2n) is 3.90. The molecule has 2 fully saturated rings. The van der Waals surface area contributed by atoms with Gasteiger partial charge in [0.15, 0.2) is 0 Å². The molecule has 2 saturated carbocycles. The molecule has 68 valence electrons. The fourth-order valence-corrected chi connectivity index (χ4v) is 2.57. The molecule has 0 saturated heterocycles. The molecule has 2 aliphatic rings. The molecule has 0 amide bonds. The van der Waals surface area contributed by atoms with Crippen LogP contribution in [0.1, 0.15) is 26.2 Å². The Morgan fingerprint density at radius 2 is 2.08 bits per heavy atom. The molecule has 2 bridgehead atoms. The minimum Gasteiger partial charge on any atom is -0.459 e. The second kappa shape index (κ2) is 2.73. The maximum Gasteiger partial charge on any atom is 0.303 e. The Balaban J connectivity index is 2.02. The number of hydrogen-bond acceptors (Lipinski definition) is 3. The molecule has 0 heterocycles. The first-order valence-electron chi connectivity index (χ1n) is 4.54. The first-order chi connectivity index (χ1) is 5.68. The van der Waals surface area contributed by atoms with Crippen LogP contribution in [-0.2, 0) is 9.53 Å². The molecule has 2 rings (SSSR count). The molecular weight excluding hydrogens is 156 g/mol. The topological polar surface area (TPSA) is 46.5 Å². The summed E-state index contributed by atoms with van der Waals surface area (Å²) >= 11 is 0. The van der Waals surface area contributed by atoms with Crippen molar-refractivity contribution in [3.8, 4) is 0 Å². The largest absolute Gasteiger partial charge is 0.459 e. The van der Waals surface area contributed by atoms with E-state index in [1.807, 2.05) is 0 Å². The molecule has 0 aromatic carbocycles. The molecular formula is C9H14O3. The summed E-state index contributed by atoms with van der Waals surface area (Å²) in [5, 5.41) is 9.65. The summed E-state index contributed by atoms with van der Waals surface area (Å²) in [6.07, 6.45) is 2.65. The number of rotatable bonds is 1. The highest BCUT2D eigenvalue weighted by atomic mass is 16.6. The Labute approximate surface area is 71.7 Å². The van der Waals surface area contributed by atoms with Crippen molar-refractivity contribution in [2.45, 2.75) is 38.4 Å². The molecule has 0 spiro atoms. The van der Waals surface area contributed by atoms with Crippen molar-refractivity contribution in [1.29, 1.82) is 0 Å². The molecule has 1 N–H and O–H groups in total. The molecule has 4 atom stereocenters. The number of aliphatic hydroxyl groups is 1. The van der Waals surface area contributed by atoms with Gasteiger partial charge >= 0.3 is 5.97 Å². The minimum absolute atomic E-state index is 0.207. The van der Waals surface area contributed by atoms with Crippen molar-refractivity contribution >= 4 is 5.97 Å². The lowest BCUT2D eigenvalue weighted by Crippen LogP contribution is -2.35. The number of fused-ring (bicyclic) bond motifs is 2. The quantitative estimate of drug-likeness (QED) is 0.589. The van der Waals surface area contributed by atoms with E-state index in [0.29, 0.717) is 11.8 Å². The molecule has 0 aliphatic heterocycles. The Morgan fingerprint density at radius 3 is 2.58 bits per heavy atom. The maximum absolute atomic E-state index is 10.7. The average Bonchev–Trinajstić information content (AvgIpc) is 2.53. The van der Waals surface area contributed by atoms with Crippen LogP contribution in [0.25, 0.3) is 0 Å². The molecule has 3 nitrogen and oxygen atoms in total. The fraction of sp³-hybridized carbons (Fsp3) is 0.889. The van der Waals surface area contributed by atoms with Gasteiger partial charge in [0.25, 0.3) is 0 Å². The van der Waals surface area contributed by atoms with Gasteiger partial charge in [0.2, 0.25) is 0 Å². The van der Waals surface area contributed by atoms with Gasteiger partial charge in [0.05, 0.1) is 6.10 Å². The highest BCUT2D eigenvalue weighted by Crippen LogP contribution is 2.45. The van der Waals surface area contributed by atoms with Crippen molar-refractivity contribution in [3.63, 3.8) is 0 Å². The van der Waals surface area contributed by atoms with Gasteiger partial charge < -0.3 is 9.84 Å². The van der Waals surface area contributed by atoms with E-state index in [1.54, 1.807) is 0 Å². The van der Waals surface area contributed by atoms with Crippen molar-refractivity contribution in [2.75, 3.05) is 0 Å². The van der Waals surface area contributed by atoms with Gasteiger partial charge in [-0.1, -0.05) is 0 Å². The Kier molecular flexibility index (Phi) is 1.83. The monoisotopic (exact) mass is 170 g/mol. The summed E-state index contributed by atoms with van der Waals surface area (Å²) in [5.74, 6) is 0.542. The molecule has 0 radical (unpaired) electrons. The summed E-state index contributed by atoms with van der Waals surface area (Å²) in [5.41, 5.74) is 0. The molecule has 2 aliphatic carbocycles. The van der Waals surface area contributed by atoms with Crippen LogP contribution >= 0.6 is 0 Å². The normalized spacial score (nSPS) is 44.8. The van der Waals surface area contributed by atoms with E-state index in [0.717, 1.165) is 19.3 Å². The zero-order valence-corrected chi connectivity index (χ0v) is 7.19. The predicted octanol–water partition coefficient (Wildman–Crippen LogP) is 0.709. The van der Waals surface area contributed by atoms with E-state index in [2.05, 4.69) is 0 Å². The summed E-state index contributed by atoms with van der Waals surface area (Å²) < 4.78 is 5.07. The third-order valence-electron chi connectivity index (χ3n) is 3.10. The lowest BCUT2D eigenvalue weighted by Gasteiger charge is -2.26. The molecule has 0 aromatic heterocycles. The molecule has 12 heavy (non-hydrogen) atoms. The third-order valence-corrected chi connectivity index (χ3v) is 3.10. The first-order valence-corrected chi connectivity index (χ1v) is 4.54. The number of hydrogen-bond donors (Lipinski definition) is 1. The van der Waals surface area contributed by atoms with Gasteiger partial charge in [0, 0.05) is 6.92 Å². The lowest BCUT2D eigenvalue weighted by atomic mass is 9.95. The Morgan fingerprint density at radius 1 is 1.42 bits per heavy atom. The van der Waals surface area contributed by atoms with Crippen LogP contribution in [-0.4, -0.2) is 23.3 Å². The van der Waals surface area contributed by atoms with E-state index in [9.17, 15) is 9.90 Å². The minimum atomic E-state index is -0.396. The van der Waals surface area contributed by atoms with Gasteiger partial charge in [-0.15, -0.1) is 0 Å². The Bertz CT molecular complexity index is 200. The second-order valence-corrected chi connectivity index (χ2v) is 3.90. The number of ether oxygens (including phenoxy) is 1. The molecule has 3 heteroatoms. The van der Waals surface area contributed by atoms with Crippen LogP contribution in [0.4, 0.5) is 0 Å². The Hall–Kier alpha value is -0.570. The van der Waals surface area contributed by atoms with Crippen LogP contribution < -0.4 is 0 Å². The predicted molar refractivity (Wildman–Crippen MR) is 42.4 cm³/mol. The van der Waals surface area contributed by atoms with Crippen LogP contribution in [0.2, 0.25) is 0 Å². The third kappa shape index (κ3) is 1.12. The smallest absolute Gasteiger partial charge is 0.303 e. The maximum atomic E-state index is 10.7. The SMILES string of the molecule is CC(=O)O[C@H]1[C@H]2CC[C@@H](C2)[C@@H]1O. The highest BCUT2D eigenvalue weighted by molar-refractivity contribution is 5.66. The zero-order valence-electron chi connectivity index (χ0n) is 7.19. The van der Waals surface area contributed by atoms with E-state index >= 15 is 0 Å². The average molecular weight is 170 g/mol. The summed E-state index contributed by atoms with van der Waals surface area (Å²) in [7, 11) is 0. The summed E-state index contributed by atoms with van der Waals surface area (Å²) in [6.45, 7) is 1.40. The van der Waals surface area contributed by atoms with Gasteiger partial charge in [-0.3, -0.25) is 4.79 Å². The van der Waals surface area contributed by atoms with Crippen LogP contribution in [0.15, 0.2) is 0 Å².